The molecular weight excluding hydrogens is 332 g/mol. The van der Waals surface area contributed by atoms with Gasteiger partial charge in [-0.25, -0.2) is 4.98 Å². The lowest BCUT2D eigenvalue weighted by Crippen LogP contribution is -2.18. The number of nitrogens with zero attached hydrogens (tertiary/aromatic N) is 3. The minimum atomic E-state index is 0.645. The monoisotopic (exact) mass is 352 g/mol. The van der Waals surface area contributed by atoms with Crippen LogP contribution in [0, 0.1) is 0 Å². The second kappa shape index (κ2) is 8.49. The molecule has 3 aromatic rings. The van der Waals surface area contributed by atoms with E-state index in [1.165, 1.54) is 11.1 Å². The Labute approximate surface area is 153 Å². The van der Waals surface area contributed by atoms with Crippen LogP contribution in [0.2, 0.25) is 5.02 Å². The molecule has 0 radical (unpaired) electrons. The van der Waals surface area contributed by atoms with Crippen molar-refractivity contribution >= 4 is 23.4 Å². The van der Waals surface area contributed by atoms with Crippen LogP contribution in [0.15, 0.2) is 66.9 Å². The van der Waals surface area contributed by atoms with Gasteiger partial charge in [-0.1, -0.05) is 54.1 Å². The third-order valence-corrected chi connectivity index (χ3v) is 4.16. The molecular formula is C20H21ClN4. The van der Waals surface area contributed by atoms with Gasteiger partial charge in [0.25, 0.3) is 0 Å². The Kier molecular flexibility index (Phi) is 5.86. The van der Waals surface area contributed by atoms with Crippen LogP contribution in [0.1, 0.15) is 11.1 Å². The molecule has 128 valence electrons. The Bertz CT molecular complexity index is 790. The maximum atomic E-state index is 5.91. The standard InChI is InChI=1S/C20H21ClN4/c1-25(15-17-5-3-2-4-6-17)19-12-14-23-20(24-19)22-13-11-16-7-9-18(21)10-8-16/h2-10,12,14H,11,13,15H2,1H3,(H,22,23,24). The van der Waals surface area contributed by atoms with E-state index in [9.17, 15) is 0 Å². The molecule has 0 saturated heterocycles. The molecule has 1 aromatic heterocycles. The van der Waals surface area contributed by atoms with Crippen LogP contribution in [0.4, 0.5) is 11.8 Å². The molecule has 25 heavy (non-hydrogen) atoms. The van der Waals surface area contributed by atoms with E-state index in [0.717, 1.165) is 30.4 Å². The summed E-state index contributed by atoms with van der Waals surface area (Å²) in [7, 11) is 2.03. The molecule has 0 fully saturated rings. The molecule has 0 bridgehead atoms. The first-order chi connectivity index (χ1) is 12.2. The number of hydrogen-bond acceptors (Lipinski definition) is 4. The topological polar surface area (TPSA) is 41.1 Å². The molecule has 2 aromatic carbocycles. The average molecular weight is 353 g/mol. The van der Waals surface area contributed by atoms with Gasteiger partial charge in [0, 0.05) is 31.4 Å². The van der Waals surface area contributed by atoms with Gasteiger partial charge in [0.2, 0.25) is 5.95 Å². The SMILES string of the molecule is CN(Cc1ccccc1)c1ccnc(NCCc2ccc(Cl)cc2)n1. The second-order valence-electron chi connectivity index (χ2n) is 5.88. The number of rotatable bonds is 7. The van der Waals surface area contributed by atoms with E-state index in [2.05, 4.69) is 32.3 Å². The summed E-state index contributed by atoms with van der Waals surface area (Å²) in [6, 6.07) is 20.2. The summed E-state index contributed by atoms with van der Waals surface area (Å²) >= 11 is 5.91. The average Bonchev–Trinajstić information content (AvgIpc) is 2.64. The molecule has 1 N–H and O–H groups in total. The summed E-state index contributed by atoms with van der Waals surface area (Å²) in [5, 5.41) is 4.04. The number of halogens is 1. The Balaban J connectivity index is 1.56. The third kappa shape index (κ3) is 5.19. The van der Waals surface area contributed by atoms with E-state index in [1.807, 2.05) is 55.6 Å². The van der Waals surface area contributed by atoms with Crippen molar-refractivity contribution in [1.29, 1.82) is 0 Å². The lowest BCUT2D eigenvalue weighted by Gasteiger charge is -2.18. The predicted molar refractivity (Wildman–Crippen MR) is 104 cm³/mol. The largest absolute Gasteiger partial charge is 0.355 e. The number of aromatic nitrogens is 2. The van der Waals surface area contributed by atoms with Crippen molar-refractivity contribution in [3.8, 4) is 0 Å². The number of nitrogens with one attached hydrogen (secondary N) is 1. The minimum absolute atomic E-state index is 0.645. The van der Waals surface area contributed by atoms with Crippen molar-refractivity contribution in [1.82, 2.24) is 9.97 Å². The summed E-state index contributed by atoms with van der Waals surface area (Å²) in [6.07, 6.45) is 2.68. The van der Waals surface area contributed by atoms with Crippen LogP contribution in [0.5, 0.6) is 0 Å². The highest BCUT2D eigenvalue weighted by Crippen LogP contribution is 2.14. The zero-order valence-electron chi connectivity index (χ0n) is 14.2. The molecule has 0 amide bonds. The van der Waals surface area contributed by atoms with E-state index >= 15 is 0 Å². The fourth-order valence-corrected chi connectivity index (χ4v) is 2.68. The normalized spacial score (nSPS) is 10.5. The molecule has 0 atom stereocenters. The van der Waals surface area contributed by atoms with Crippen LogP contribution in [0.25, 0.3) is 0 Å². The Morgan fingerprint density at radius 2 is 1.72 bits per heavy atom. The van der Waals surface area contributed by atoms with Crippen molar-refractivity contribution in [2.24, 2.45) is 0 Å². The Morgan fingerprint density at radius 1 is 0.960 bits per heavy atom. The first-order valence-corrected chi connectivity index (χ1v) is 8.65. The highest BCUT2D eigenvalue weighted by molar-refractivity contribution is 6.30. The molecule has 0 aliphatic heterocycles. The van der Waals surface area contributed by atoms with Gasteiger partial charge in [-0.05, 0) is 35.7 Å². The number of anilines is 2. The van der Waals surface area contributed by atoms with Crippen molar-refractivity contribution in [2.75, 3.05) is 23.8 Å². The minimum Gasteiger partial charge on any atom is -0.355 e. The van der Waals surface area contributed by atoms with Crippen LogP contribution >= 0.6 is 11.6 Å². The van der Waals surface area contributed by atoms with Gasteiger partial charge in [0.05, 0.1) is 0 Å². The lowest BCUT2D eigenvalue weighted by molar-refractivity contribution is 0.887. The first kappa shape index (κ1) is 17.2. The van der Waals surface area contributed by atoms with Crippen molar-refractivity contribution in [2.45, 2.75) is 13.0 Å². The summed E-state index contributed by atoms with van der Waals surface area (Å²) in [6.45, 7) is 1.58. The smallest absolute Gasteiger partial charge is 0.224 e. The van der Waals surface area contributed by atoms with Crippen LogP contribution < -0.4 is 10.2 Å². The van der Waals surface area contributed by atoms with Gasteiger partial charge < -0.3 is 10.2 Å². The first-order valence-electron chi connectivity index (χ1n) is 8.27. The van der Waals surface area contributed by atoms with Gasteiger partial charge >= 0.3 is 0 Å². The Hall–Kier alpha value is -2.59. The quantitative estimate of drug-likeness (QED) is 0.683. The lowest BCUT2D eigenvalue weighted by atomic mass is 10.1. The molecule has 5 heteroatoms. The predicted octanol–water partition coefficient (Wildman–Crippen LogP) is 4.42. The van der Waals surface area contributed by atoms with E-state index in [0.29, 0.717) is 5.95 Å². The van der Waals surface area contributed by atoms with Crippen molar-refractivity contribution < 1.29 is 0 Å². The molecule has 4 nitrogen and oxygen atoms in total. The molecule has 3 rings (SSSR count). The van der Waals surface area contributed by atoms with Crippen LogP contribution in [-0.4, -0.2) is 23.6 Å². The van der Waals surface area contributed by atoms with E-state index in [1.54, 1.807) is 6.20 Å². The third-order valence-electron chi connectivity index (χ3n) is 3.90. The van der Waals surface area contributed by atoms with Crippen LogP contribution in [-0.2, 0) is 13.0 Å². The van der Waals surface area contributed by atoms with Gasteiger partial charge in [0.15, 0.2) is 0 Å². The second-order valence-corrected chi connectivity index (χ2v) is 6.32. The van der Waals surface area contributed by atoms with Gasteiger partial charge in [-0.15, -0.1) is 0 Å². The fraction of sp³-hybridized carbons (Fsp3) is 0.200. The molecule has 0 aliphatic carbocycles. The van der Waals surface area contributed by atoms with Gasteiger partial charge in [-0.2, -0.15) is 4.98 Å². The molecule has 0 unspecified atom stereocenters. The maximum absolute atomic E-state index is 5.91. The van der Waals surface area contributed by atoms with E-state index in [4.69, 9.17) is 11.6 Å². The number of hydrogen-bond donors (Lipinski definition) is 1. The van der Waals surface area contributed by atoms with Crippen LogP contribution in [0.3, 0.4) is 0 Å². The summed E-state index contributed by atoms with van der Waals surface area (Å²) in [5.41, 5.74) is 2.48. The van der Waals surface area contributed by atoms with Crippen molar-refractivity contribution in [3.05, 3.63) is 83.0 Å². The maximum Gasteiger partial charge on any atom is 0.224 e. The van der Waals surface area contributed by atoms with E-state index < -0.39 is 0 Å². The molecule has 1 heterocycles. The van der Waals surface area contributed by atoms with Gasteiger partial charge in [0.1, 0.15) is 5.82 Å². The summed E-state index contributed by atoms with van der Waals surface area (Å²) in [4.78, 5) is 11.0. The fourth-order valence-electron chi connectivity index (χ4n) is 2.55. The van der Waals surface area contributed by atoms with E-state index in [-0.39, 0.29) is 0 Å². The van der Waals surface area contributed by atoms with Crippen molar-refractivity contribution in [3.63, 3.8) is 0 Å². The zero-order chi connectivity index (χ0) is 17.5. The zero-order valence-corrected chi connectivity index (χ0v) is 14.9. The highest BCUT2D eigenvalue weighted by Gasteiger charge is 2.05. The Morgan fingerprint density at radius 3 is 2.48 bits per heavy atom. The molecule has 0 saturated carbocycles. The number of benzene rings is 2. The van der Waals surface area contributed by atoms with Gasteiger partial charge in [-0.3, -0.25) is 0 Å². The molecule has 0 spiro atoms. The summed E-state index contributed by atoms with van der Waals surface area (Å²) < 4.78 is 0. The highest BCUT2D eigenvalue weighted by atomic mass is 35.5. The summed E-state index contributed by atoms with van der Waals surface area (Å²) in [5.74, 6) is 1.54. The molecule has 0 aliphatic rings.